The summed E-state index contributed by atoms with van der Waals surface area (Å²) in [4.78, 5) is 0. The van der Waals surface area contributed by atoms with Crippen molar-refractivity contribution in [2.24, 2.45) is 5.73 Å². The number of hydrogen-bond donors (Lipinski definition) is 1. The summed E-state index contributed by atoms with van der Waals surface area (Å²) in [6, 6.07) is 12.0. The van der Waals surface area contributed by atoms with Crippen LogP contribution in [0.5, 0.6) is 5.75 Å². The molecule has 2 nitrogen and oxygen atoms in total. The van der Waals surface area contributed by atoms with E-state index in [0.29, 0.717) is 0 Å². The molecule has 2 rings (SSSR count). The second kappa shape index (κ2) is 5.83. The van der Waals surface area contributed by atoms with Gasteiger partial charge in [0.15, 0.2) is 0 Å². The Morgan fingerprint density at radius 2 is 2.00 bits per heavy atom. The van der Waals surface area contributed by atoms with Gasteiger partial charge in [-0.25, -0.2) is 4.39 Å². The van der Waals surface area contributed by atoms with Crippen LogP contribution in [-0.4, -0.2) is 19.3 Å². The van der Waals surface area contributed by atoms with Crippen LogP contribution < -0.4 is 10.5 Å². The summed E-state index contributed by atoms with van der Waals surface area (Å²) in [6.07, 6.45) is 0.725. The highest BCUT2D eigenvalue weighted by atomic mass is 19.1. The lowest BCUT2D eigenvalue weighted by atomic mass is 9.98. The number of nitrogens with two attached hydrogens (primary N) is 1. The van der Waals surface area contributed by atoms with Gasteiger partial charge in [0, 0.05) is 11.6 Å². The van der Waals surface area contributed by atoms with Crippen LogP contribution >= 0.6 is 0 Å². The minimum atomic E-state index is -0.482. The van der Waals surface area contributed by atoms with Gasteiger partial charge in [-0.15, -0.1) is 0 Å². The zero-order chi connectivity index (χ0) is 13.0. The summed E-state index contributed by atoms with van der Waals surface area (Å²) in [6.45, 7) is 1.56. The lowest BCUT2D eigenvalue weighted by molar-refractivity contribution is 0.271. The number of fused-ring (bicyclic) bond motifs is 1. The van der Waals surface area contributed by atoms with Crippen LogP contribution in [0.1, 0.15) is 12.5 Å². The van der Waals surface area contributed by atoms with Gasteiger partial charge in [0.25, 0.3) is 0 Å². The predicted molar refractivity (Wildman–Crippen MR) is 72.8 cm³/mol. The molecule has 2 aromatic carbocycles. The molecule has 1 atom stereocenters. The van der Waals surface area contributed by atoms with E-state index >= 15 is 0 Å². The van der Waals surface area contributed by atoms with E-state index < -0.39 is 6.67 Å². The molecule has 1 unspecified atom stereocenters. The predicted octanol–water partition coefficient (Wildman–Crippen LogP) is 3.08. The summed E-state index contributed by atoms with van der Waals surface area (Å²) >= 11 is 0. The third-order valence-electron chi connectivity index (χ3n) is 2.86. The standard InChI is InChI=1S/C15H18FNO/c1-11(17)10-14-13-5-3-2-4-12(13)6-7-15(14)18-9-8-16/h2-7,11H,8-10,17H2,1H3. The van der Waals surface area contributed by atoms with E-state index in [9.17, 15) is 4.39 Å². The van der Waals surface area contributed by atoms with Gasteiger partial charge >= 0.3 is 0 Å². The first-order chi connectivity index (χ1) is 8.72. The highest BCUT2D eigenvalue weighted by Gasteiger charge is 2.10. The van der Waals surface area contributed by atoms with E-state index in [4.69, 9.17) is 10.5 Å². The van der Waals surface area contributed by atoms with Gasteiger partial charge in [0.2, 0.25) is 0 Å². The second-order valence-electron chi connectivity index (χ2n) is 4.48. The van der Waals surface area contributed by atoms with Crippen molar-refractivity contribution in [2.75, 3.05) is 13.3 Å². The molecule has 3 heteroatoms. The molecule has 2 aromatic rings. The Morgan fingerprint density at radius 3 is 2.72 bits per heavy atom. The Hall–Kier alpha value is -1.61. The third-order valence-corrected chi connectivity index (χ3v) is 2.86. The van der Waals surface area contributed by atoms with Crippen molar-refractivity contribution in [3.05, 3.63) is 42.0 Å². The smallest absolute Gasteiger partial charge is 0.123 e. The maximum absolute atomic E-state index is 12.2. The van der Waals surface area contributed by atoms with Crippen molar-refractivity contribution in [3.8, 4) is 5.75 Å². The van der Waals surface area contributed by atoms with E-state index in [0.717, 1.165) is 28.5 Å². The van der Waals surface area contributed by atoms with Gasteiger partial charge in [-0.1, -0.05) is 30.3 Å². The van der Waals surface area contributed by atoms with Gasteiger partial charge in [-0.2, -0.15) is 0 Å². The van der Waals surface area contributed by atoms with Crippen LogP contribution in [-0.2, 0) is 6.42 Å². The largest absolute Gasteiger partial charge is 0.491 e. The molecule has 0 aliphatic rings. The molecule has 0 heterocycles. The Kier molecular flexibility index (Phi) is 4.15. The monoisotopic (exact) mass is 247 g/mol. The van der Waals surface area contributed by atoms with Crippen molar-refractivity contribution in [3.63, 3.8) is 0 Å². The zero-order valence-corrected chi connectivity index (χ0v) is 10.5. The highest BCUT2D eigenvalue weighted by Crippen LogP contribution is 2.29. The molecule has 0 amide bonds. The molecule has 0 saturated heterocycles. The Balaban J connectivity index is 2.48. The number of halogens is 1. The van der Waals surface area contributed by atoms with Gasteiger partial charge < -0.3 is 10.5 Å². The normalized spacial score (nSPS) is 12.6. The maximum atomic E-state index is 12.2. The fourth-order valence-electron chi connectivity index (χ4n) is 2.13. The molecule has 0 aromatic heterocycles. The Labute approximate surface area is 107 Å². The molecule has 0 radical (unpaired) electrons. The molecule has 0 bridgehead atoms. The Bertz CT molecular complexity index is 525. The number of hydrogen-bond acceptors (Lipinski definition) is 2. The summed E-state index contributed by atoms with van der Waals surface area (Å²) in [7, 11) is 0. The fraction of sp³-hybridized carbons (Fsp3) is 0.333. The van der Waals surface area contributed by atoms with Crippen molar-refractivity contribution in [1.29, 1.82) is 0 Å². The molecule has 0 saturated carbocycles. The maximum Gasteiger partial charge on any atom is 0.123 e. The fourth-order valence-corrected chi connectivity index (χ4v) is 2.13. The van der Waals surface area contributed by atoms with E-state index in [1.54, 1.807) is 0 Å². The van der Waals surface area contributed by atoms with E-state index in [1.807, 2.05) is 31.2 Å². The van der Waals surface area contributed by atoms with Crippen LogP contribution in [0.25, 0.3) is 10.8 Å². The molecule has 0 fully saturated rings. The van der Waals surface area contributed by atoms with Crippen LogP contribution in [0.3, 0.4) is 0 Å². The quantitative estimate of drug-likeness (QED) is 0.881. The minimum absolute atomic E-state index is 0.0449. The molecule has 0 aliphatic heterocycles. The van der Waals surface area contributed by atoms with Crippen molar-refractivity contribution in [2.45, 2.75) is 19.4 Å². The molecular formula is C15H18FNO. The highest BCUT2D eigenvalue weighted by molar-refractivity contribution is 5.87. The average Bonchev–Trinajstić information content (AvgIpc) is 2.37. The minimum Gasteiger partial charge on any atom is -0.491 e. The van der Waals surface area contributed by atoms with Crippen LogP contribution in [0.15, 0.2) is 36.4 Å². The first-order valence-corrected chi connectivity index (χ1v) is 6.17. The first-order valence-electron chi connectivity index (χ1n) is 6.17. The van der Waals surface area contributed by atoms with E-state index in [1.165, 1.54) is 0 Å². The number of ether oxygens (including phenoxy) is 1. The van der Waals surface area contributed by atoms with Crippen molar-refractivity contribution >= 4 is 10.8 Å². The van der Waals surface area contributed by atoms with Gasteiger partial charge in [-0.05, 0) is 30.2 Å². The molecule has 2 N–H and O–H groups in total. The average molecular weight is 247 g/mol. The summed E-state index contributed by atoms with van der Waals surface area (Å²) in [5.41, 5.74) is 6.95. The molecule has 18 heavy (non-hydrogen) atoms. The Morgan fingerprint density at radius 1 is 1.22 bits per heavy atom. The van der Waals surface area contributed by atoms with Gasteiger partial charge in [-0.3, -0.25) is 0 Å². The number of alkyl halides is 1. The van der Waals surface area contributed by atoms with Crippen molar-refractivity contribution < 1.29 is 9.13 Å². The molecular weight excluding hydrogens is 229 g/mol. The van der Waals surface area contributed by atoms with Crippen LogP contribution in [0.2, 0.25) is 0 Å². The topological polar surface area (TPSA) is 35.2 Å². The third kappa shape index (κ3) is 2.79. The van der Waals surface area contributed by atoms with E-state index in [-0.39, 0.29) is 12.6 Å². The van der Waals surface area contributed by atoms with Crippen LogP contribution in [0.4, 0.5) is 4.39 Å². The first kappa shape index (κ1) is 12.8. The van der Waals surface area contributed by atoms with Gasteiger partial charge in [0.1, 0.15) is 19.0 Å². The molecule has 0 aliphatic carbocycles. The number of benzene rings is 2. The zero-order valence-electron chi connectivity index (χ0n) is 10.5. The van der Waals surface area contributed by atoms with Gasteiger partial charge in [0.05, 0.1) is 0 Å². The van der Waals surface area contributed by atoms with E-state index in [2.05, 4.69) is 12.1 Å². The number of rotatable bonds is 5. The van der Waals surface area contributed by atoms with Crippen molar-refractivity contribution in [1.82, 2.24) is 0 Å². The molecule has 96 valence electrons. The lowest BCUT2D eigenvalue weighted by Crippen LogP contribution is -2.18. The second-order valence-corrected chi connectivity index (χ2v) is 4.48. The lowest BCUT2D eigenvalue weighted by Gasteiger charge is -2.15. The van der Waals surface area contributed by atoms with Crippen LogP contribution in [0, 0.1) is 0 Å². The summed E-state index contributed by atoms with van der Waals surface area (Å²) in [5.74, 6) is 0.739. The molecule has 0 spiro atoms. The summed E-state index contributed by atoms with van der Waals surface area (Å²) < 4.78 is 17.7. The summed E-state index contributed by atoms with van der Waals surface area (Å²) in [5, 5.41) is 2.28. The SMILES string of the molecule is CC(N)Cc1c(OCCF)ccc2ccccc12.